The second-order valence-corrected chi connectivity index (χ2v) is 9.55. The van der Waals surface area contributed by atoms with E-state index in [1.165, 1.54) is 40.9 Å². The van der Waals surface area contributed by atoms with Crippen LogP contribution in [-0.2, 0) is 18.9 Å². The van der Waals surface area contributed by atoms with Gasteiger partial charge in [0.2, 0.25) is 11.9 Å². The lowest BCUT2D eigenvalue weighted by molar-refractivity contribution is -0.118. The fourth-order valence-electron chi connectivity index (χ4n) is 4.29. The van der Waals surface area contributed by atoms with Crippen LogP contribution in [0.2, 0.25) is 0 Å². The van der Waals surface area contributed by atoms with Gasteiger partial charge in [0.05, 0.1) is 12.0 Å². The smallest absolute Gasteiger partial charge is 0.332 e. The number of aromatic nitrogens is 7. The van der Waals surface area contributed by atoms with Gasteiger partial charge in [0.1, 0.15) is 6.04 Å². The van der Waals surface area contributed by atoms with Gasteiger partial charge in [0, 0.05) is 50.0 Å². The van der Waals surface area contributed by atoms with Crippen molar-refractivity contribution in [1.82, 2.24) is 33.6 Å². The summed E-state index contributed by atoms with van der Waals surface area (Å²) in [5.74, 6) is 0.350. The van der Waals surface area contributed by atoms with Crippen LogP contribution in [-0.4, -0.2) is 52.1 Å². The molecule has 2 atom stereocenters. The van der Waals surface area contributed by atoms with E-state index in [1.807, 2.05) is 5.38 Å². The van der Waals surface area contributed by atoms with Crippen LogP contribution in [0.5, 0.6) is 0 Å². The average Bonchev–Trinajstić information content (AvgIpc) is 3.61. The molecule has 0 aromatic carbocycles. The van der Waals surface area contributed by atoms with Gasteiger partial charge in [0.25, 0.3) is 5.56 Å². The van der Waals surface area contributed by atoms with Gasteiger partial charge in [0.15, 0.2) is 16.3 Å². The molecule has 13 heteroatoms. The predicted octanol–water partition coefficient (Wildman–Crippen LogP) is 1.54. The standard InChI is InChI=1S/C22H25N9O3S/c1-12-6-5-7-30(12)20-23-8-14(9-24-20)15-10-35-21(26-15)27-18(32)13(2)31-11-25-17-16(31)19(33)29(4)22(34)28(17)3/h8-13H,5-7H2,1-4H3,(H,26,27,32)/t12-,13-/m0/s1. The zero-order valence-corrected chi connectivity index (χ0v) is 20.6. The number of amides is 1. The number of rotatable bonds is 5. The number of nitrogens with zero attached hydrogens (tertiary/aromatic N) is 8. The quantitative estimate of drug-likeness (QED) is 0.441. The normalized spacial score (nSPS) is 16.7. The SMILES string of the molecule is C[C@H]1CCCN1c1ncc(-c2csc(NC(=O)[C@H](C)n3cnc4c3c(=O)n(C)c(=O)n4C)n2)cn1. The number of hydrogen-bond acceptors (Lipinski definition) is 9. The Kier molecular flexibility index (Phi) is 5.71. The van der Waals surface area contributed by atoms with Crippen LogP contribution in [0.25, 0.3) is 22.4 Å². The van der Waals surface area contributed by atoms with Crippen molar-refractivity contribution in [3.63, 3.8) is 0 Å². The van der Waals surface area contributed by atoms with E-state index >= 15 is 0 Å². The van der Waals surface area contributed by atoms with Crippen molar-refractivity contribution in [2.75, 3.05) is 16.8 Å². The summed E-state index contributed by atoms with van der Waals surface area (Å²) in [5.41, 5.74) is 0.838. The number of anilines is 2. The molecule has 1 fully saturated rings. The first-order valence-corrected chi connectivity index (χ1v) is 12.1. The first-order valence-electron chi connectivity index (χ1n) is 11.2. The third-order valence-electron chi connectivity index (χ3n) is 6.45. The number of nitrogens with one attached hydrogen (secondary N) is 1. The summed E-state index contributed by atoms with van der Waals surface area (Å²) in [6.45, 7) is 4.79. The van der Waals surface area contributed by atoms with E-state index in [-0.39, 0.29) is 17.1 Å². The van der Waals surface area contributed by atoms with Crippen LogP contribution >= 0.6 is 11.3 Å². The van der Waals surface area contributed by atoms with E-state index in [4.69, 9.17) is 0 Å². The molecule has 182 valence electrons. The molecule has 0 unspecified atom stereocenters. The molecule has 1 amide bonds. The number of carbonyl (C=O) groups excluding carboxylic acids is 1. The summed E-state index contributed by atoms with van der Waals surface area (Å²) in [6, 6.07) is -0.329. The number of fused-ring (bicyclic) bond motifs is 1. The van der Waals surface area contributed by atoms with E-state index in [9.17, 15) is 14.4 Å². The minimum absolute atomic E-state index is 0.182. The van der Waals surface area contributed by atoms with Gasteiger partial charge in [-0.05, 0) is 26.7 Å². The number of carbonyl (C=O) groups is 1. The first kappa shape index (κ1) is 22.9. The zero-order valence-electron chi connectivity index (χ0n) is 19.8. The second-order valence-electron chi connectivity index (χ2n) is 8.69. The van der Waals surface area contributed by atoms with Gasteiger partial charge < -0.3 is 14.8 Å². The Labute approximate surface area is 203 Å². The van der Waals surface area contributed by atoms with Gasteiger partial charge >= 0.3 is 5.69 Å². The van der Waals surface area contributed by atoms with E-state index in [0.29, 0.717) is 22.8 Å². The Bertz CT molecular complexity index is 1530. The lowest BCUT2D eigenvalue weighted by Crippen LogP contribution is -2.38. The van der Waals surface area contributed by atoms with E-state index in [1.54, 1.807) is 19.3 Å². The molecular weight excluding hydrogens is 470 g/mol. The van der Waals surface area contributed by atoms with Crippen LogP contribution < -0.4 is 21.5 Å². The maximum Gasteiger partial charge on any atom is 0.332 e. The topological polar surface area (TPSA) is 133 Å². The third-order valence-corrected chi connectivity index (χ3v) is 7.21. The molecule has 0 saturated carbocycles. The highest BCUT2D eigenvalue weighted by molar-refractivity contribution is 7.14. The number of imidazole rings is 1. The van der Waals surface area contributed by atoms with Gasteiger partial charge in [-0.3, -0.25) is 18.7 Å². The Hall–Kier alpha value is -3.87. The van der Waals surface area contributed by atoms with Crippen molar-refractivity contribution in [1.29, 1.82) is 0 Å². The average molecular weight is 496 g/mol. The largest absolute Gasteiger partial charge is 0.338 e. The molecule has 0 radical (unpaired) electrons. The first-order chi connectivity index (χ1) is 16.8. The zero-order chi connectivity index (χ0) is 24.9. The molecule has 35 heavy (non-hydrogen) atoms. The van der Waals surface area contributed by atoms with Gasteiger partial charge in [-0.2, -0.15) is 0 Å². The van der Waals surface area contributed by atoms with E-state index < -0.39 is 17.3 Å². The fraction of sp³-hybridized carbons (Fsp3) is 0.409. The van der Waals surface area contributed by atoms with Crippen LogP contribution in [0.3, 0.4) is 0 Å². The van der Waals surface area contributed by atoms with Crippen molar-refractivity contribution >= 4 is 39.5 Å². The second kappa shape index (κ2) is 8.73. The highest BCUT2D eigenvalue weighted by Crippen LogP contribution is 2.27. The molecule has 0 aliphatic carbocycles. The summed E-state index contributed by atoms with van der Waals surface area (Å²) < 4.78 is 3.74. The summed E-state index contributed by atoms with van der Waals surface area (Å²) in [6.07, 6.45) is 7.16. The van der Waals surface area contributed by atoms with Crippen LogP contribution in [0, 0.1) is 0 Å². The molecule has 1 aliphatic rings. The summed E-state index contributed by atoms with van der Waals surface area (Å²) in [5, 5.41) is 5.04. The molecule has 12 nitrogen and oxygen atoms in total. The Morgan fingerprint density at radius 3 is 2.60 bits per heavy atom. The lowest BCUT2D eigenvalue weighted by atomic mass is 10.2. The van der Waals surface area contributed by atoms with E-state index in [0.717, 1.165) is 29.5 Å². The van der Waals surface area contributed by atoms with Crippen LogP contribution in [0.4, 0.5) is 11.1 Å². The minimum atomic E-state index is -0.761. The van der Waals surface area contributed by atoms with Crippen LogP contribution in [0.15, 0.2) is 33.7 Å². The minimum Gasteiger partial charge on any atom is -0.338 e. The maximum atomic E-state index is 13.0. The molecule has 1 saturated heterocycles. The number of aryl methyl sites for hydroxylation is 1. The lowest BCUT2D eigenvalue weighted by Gasteiger charge is -2.20. The van der Waals surface area contributed by atoms with Crippen molar-refractivity contribution < 1.29 is 4.79 Å². The van der Waals surface area contributed by atoms with Gasteiger partial charge in [-0.25, -0.2) is 24.7 Å². The van der Waals surface area contributed by atoms with Crippen LogP contribution in [0.1, 0.15) is 32.7 Å². The molecular formula is C22H25N9O3S. The molecule has 0 spiro atoms. The molecule has 5 heterocycles. The maximum absolute atomic E-state index is 13.0. The predicted molar refractivity (Wildman–Crippen MR) is 133 cm³/mol. The summed E-state index contributed by atoms with van der Waals surface area (Å²) in [4.78, 5) is 57.7. The molecule has 5 rings (SSSR count). The van der Waals surface area contributed by atoms with E-state index in [2.05, 4.69) is 37.1 Å². The molecule has 1 aliphatic heterocycles. The summed E-state index contributed by atoms with van der Waals surface area (Å²) in [7, 11) is 2.93. The fourth-order valence-corrected chi connectivity index (χ4v) is 5.01. The molecule has 1 N–H and O–H groups in total. The number of hydrogen-bond donors (Lipinski definition) is 1. The highest BCUT2D eigenvalue weighted by Gasteiger charge is 2.24. The van der Waals surface area contributed by atoms with Crippen molar-refractivity contribution in [2.45, 2.75) is 38.8 Å². The number of thiazole rings is 1. The Balaban J connectivity index is 1.34. The molecule has 4 aromatic heterocycles. The Morgan fingerprint density at radius 1 is 1.17 bits per heavy atom. The van der Waals surface area contributed by atoms with Crippen molar-refractivity contribution in [3.05, 3.63) is 44.9 Å². The van der Waals surface area contributed by atoms with Gasteiger partial charge in [-0.1, -0.05) is 0 Å². The van der Waals surface area contributed by atoms with Gasteiger partial charge in [-0.15, -0.1) is 11.3 Å². The molecule has 0 bridgehead atoms. The Morgan fingerprint density at radius 2 is 1.91 bits per heavy atom. The van der Waals surface area contributed by atoms with Crippen molar-refractivity contribution in [2.24, 2.45) is 14.1 Å². The molecule has 4 aromatic rings. The monoisotopic (exact) mass is 495 g/mol. The summed E-state index contributed by atoms with van der Waals surface area (Å²) >= 11 is 1.29. The highest BCUT2D eigenvalue weighted by atomic mass is 32.1. The van der Waals surface area contributed by atoms with Crippen molar-refractivity contribution in [3.8, 4) is 11.3 Å². The third kappa shape index (κ3) is 3.91.